The van der Waals surface area contributed by atoms with E-state index in [1.807, 2.05) is 6.08 Å². The van der Waals surface area contributed by atoms with Crippen molar-refractivity contribution in [1.29, 1.82) is 0 Å². The minimum Gasteiger partial charge on any atom is -0.303 e. The SMILES string of the molecule is C=CCN1CCCNC1N. The second-order valence-corrected chi connectivity index (χ2v) is 2.54. The van der Waals surface area contributed by atoms with Gasteiger partial charge in [0.2, 0.25) is 0 Å². The zero-order valence-corrected chi connectivity index (χ0v) is 6.21. The highest BCUT2D eigenvalue weighted by Crippen LogP contribution is 1.98. The maximum atomic E-state index is 5.73. The number of nitrogens with two attached hydrogens (primary N) is 1. The van der Waals surface area contributed by atoms with Crippen molar-refractivity contribution in [2.75, 3.05) is 19.6 Å². The summed E-state index contributed by atoms with van der Waals surface area (Å²) in [7, 11) is 0. The molecule has 1 atom stereocenters. The third-order valence-corrected chi connectivity index (χ3v) is 1.73. The van der Waals surface area contributed by atoms with Crippen LogP contribution in [0.2, 0.25) is 0 Å². The van der Waals surface area contributed by atoms with Gasteiger partial charge in [-0.1, -0.05) is 6.08 Å². The number of hydrogen-bond acceptors (Lipinski definition) is 3. The van der Waals surface area contributed by atoms with Crippen LogP contribution < -0.4 is 11.1 Å². The van der Waals surface area contributed by atoms with E-state index < -0.39 is 0 Å². The molecule has 1 heterocycles. The average Bonchev–Trinajstić information content (AvgIpc) is 1.94. The quantitative estimate of drug-likeness (QED) is 0.519. The van der Waals surface area contributed by atoms with Gasteiger partial charge >= 0.3 is 0 Å². The monoisotopic (exact) mass is 141 g/mol. The van der Waals surface area contributed by atoms with Gasteiger partial charge in [0.15, 0.2) is 0 Å². The first-order valence-electron chi connectivity index (χ1n) is 3.68. The molecule has 0 aromatic rings. The van der Waals surface area contributed by atoms with Gasteiger partial charge in [0.05, 0.1) is 0 Å². The van der Waals surface area contributed by atoms with Gasteiger partial charge in [-0.2, -0.15) is 0 Å². The molecule has 0 saturated carbocycles. The molecular formula is C7H15N3. The van der Waals surface area contributed by atoms with E-state index in [4.69, 9.17) is 5.73 Å². The first-order chi connectivity index (χ1) is 4.84. The van der Waals surface area contributed by atoms with Gasteiger partial charge in [0.25, 0.3) is 0 Å². The fourth-order valence-corrected chi connectivity index (χ4v) is 1.17. The minimum absolute atomic E-state index is 0.0340. The second kappa shape index (κ2) is 3.71. The third kappa shape index (κ3) is 1.80. The molecule has 1 fully saturated rings. The summed E-state index contributed by atoms with van der Waals surface area (Å²) in [4.78, 5) is 2.16. The number of hydrogen-bond donors (Lipinski definition) is 2. The van der Waals surface area contributed by atoms with E-state index in [-0.39, 0.29) is 6.29 Å². The van der Waals surface area contributed by atoms with Crippen LogP contribution in [0.15, 0.2) is 12.7 Å². The van der Waals surface area contributed by atoms with Crippen LogP contribution in [-0.2, 0) is 0 Å². The van der Waals surface area contributed by atoms with Crippen molar-refractivity contribution in [3.05, 3.63) is 12.7 Å². The number of rotatable bonds is 2. The smallest absolute Gasteiger partial charge is 0.112 e. The Labute approximate surface area is 61.9 Å². The third-order valence-electron chi connectivity index (χ3n) is 1.73. The van der Waals surface area contributed by atoms with Gasteiger partial charge in [0.1, 0.15) is 6.29 Å². The maximum Gasteiger partial charge on any atom is 0.112 e. The molecule has 0 aliphatic carbocycles. The number of nitrogens with one attached hydrogen (secondary N) is 1. The van der Waals surface area contributed by atoms with E-state index in [1.165, 1.54) is 6.42 Å². The van der Waals surface area contributed by atoms with Crippen LogP contribution in [0.3, 0.4) is 0 Å². The van der Waals surface area contributed by atoms with Crippen LogP contribution in [0.5, 0.6) is 0 Å². The first-order valence-corrected chi connectivity index (χ1v) is 3.68. The molecule has 0 aromatic heterocycles. The van der Waals surface area contributed by atoms with E-state index in [0.717, 1.165) is 19.6 Å². The Hall–Kier alpha value is -0.380. The average molecular weight is 141 g/mol. The molecule has 3 heteroatoms. The van der Waals surface area contributed by atoms with Crippen LogP contribution in [0.1, 0.15) is 6.42 Å². The highest BCUT2D eigenvalue weighted by molar-refractivity contribution is 4.78. The summed E-state index contributed by atoms with van der Waals surface area (Å²) in [6.07, 6.45) is 3.10. The van der Waals surface area contributed by atoms with Crippen LogP contribution in [-0.4, -0.2) is 30.8 Å². The molecule has 10 heavy (non-hydrogen) atoms. The molecule has 3 N–H and O–H groups in total. The van der Waals surface area contributed by atoms with E-state index in [2.05, 4.69) is 16.8 Å². The van der Waals surface area contributed by atoms with Gasteiger partial charge in [-0.05, 0) is 13.0 Å². The van der Waals surface area contributed by atoms with Crippen molar-refractivity contribution in [2.24, 2.45) is 5.73 Å². The molecule has 1 rings (SSSR count). The zero-order chi connectivity index (χ0) is 7.40. The summed E-state index contributed by atoms with van der Waals surface area (Å²) in [5.74, 6) is 0. The lowest BCUT2D eigenvalue weighted by atomic mass is 10.3. The van der Waals surface area contributed by atoms with Crippen LogP contribution in [0, 0.1) is 0 Å². The molecular weight excluding hydrogens is 126 g/mol. The van der Waals surface area contributed by atoms with Crippen molar-refractivity contribution < 1.29 is 0 Å². The van der Waals surface area contributed by atoms with Gasteiger partial charge in [0, 0.05) is 13.1 Å². The van der Waals surface area contributed by atoms with Crippen molar-refractivity contribution in [1.82, 2.24) is 10.2 Å². The fraction of sp³-hybridized carbons (Fsp3) is 0.714. The van der Waals surface area contributed by atoms with Gasteiger partial charge < -0.3 is 5.73 Å². The predicted octanol–water partition coefficient (Wildman–Crippen LogP) is -0.290. The fourth-order valence-electron chi connectivity index (χ4n) is 1.17. The first kappa shape index (κ1) is 7.72. The summed E-state index contributed by atoms with van der Waals surface area (Å²) in [6, 6.07) is 0. The minimum atomic E-state index is 0.0340. The number of nitrogens with zero attached hydrogens (tertiary/aromatic N) is 1. The molecule has 58 valence electrons. The lowest BCUT2D eigenvalue weighted by molar-refractivity contribution is 0.151. The van der Waals surface area contributed by atoms with Gasteiger partial charge in [-0.25, -0.2) is 0 Å². The molecule has 0 bridgehead atoms. The van der Waals surface area contributed by atoms with E-state index in [9.17, 15) is 0 Å². The highest BCUT2D eigenvalue weighted by Gasteiger charge is 2.15. The molecule has 1 saturated heterocycles. The molecule has 1 aliphatic rings. The highest BCUT2D eigenvalue weighted by atomic mass is 15.3. The van der Waals surface area contributed by atoms with Gasteiger partial charge in [-0.15, -0.1) is 6.58 Å². The normalized spacial score (nSPS) is 28.3. The lowest BCUT2D eigenvalue weighted by Gasteiger charge is -2.32. The zero-order valence-electron chi connectivity index (χ0n) is 6.21. The Morgan fingerprint density at radius 1 is 1.80 bits per heavy atom. The van der Waals surface area contributed by atoms with Crippen LogP contribution >= 0.6 is 0 Å². The van der Waals surface area contributed by atoms with E-state index >= 15 is 0 Å². The van der Waals surface area contributed by atoms with Crippen molar-refractivity contribution >= 4 is 0 Å². The summed E-state index contributed by atoms with van der Waals surface area (Å²) in [5, 5.41) is 3.17. The summed E-state index contributed by atoms with van der Waals surface area (Å²) >= 11 is 0. The second-order valence-electron chi connectivity index (χ2n) is 2.54. The summed E-state index contributed by atoms with van der Waals surface area (Å²) in [5.41, 5.74) is 5.73. The molecule has 0 aromatic carbocycles. The Morgan fingerprint density at radius 3 is 3.20 bits per heavy atom. The largest absolute Gasteiger partial charge is 0.303 e. The summed E-state index contributed by atoms with van der Waals surface area (Å²) < 4.78 is 0. The lowest BCUT2D eigenvalue weighted by Crippen LogP contribution is -2.56. The van der Waals surface area contributed by atoms with Crippen LogP contribution in [0.25, 0.3) is 0 Å². The Balaban J connectivity index is 2.32. The molecule has 3 nitrogen and oxygen atoms in total. The van der Waals surface area contributed by atoms with Crippen LogP contribution in [0.4, 0.5) is 0 Å². The van der Waals surface area contributed by atoms with Crippen molar-refractivity contribution in [3.8, 4) is 0 Å². The van der Waals surface area contributed by atoms with Crippen molar-refractivity contribution in [3.63, 3.8) is 0 Å². The maximum absolute atomic E-state index is 5.73. The van der Waals surface area contributed by atoms with E-state index in [0.29, 0.717) is 0 Å². The van der Waals surface area contributed by atoms with Crippen molar-refractivity contribution in [2.45, 2.75) is 12.7 Å². The molecule has 0 radical (unpaired) electrons. The summed E-state index contributed by atoms with van der Waals surface area (Å²) in [6.45, 7) is 6.67. The molecule has 1 unspecified atom stereocenters. The Bertz CT molecular complexity index is 113. The molecule has 0 spiro atoms. The van der Waals surface area contributed by atoms with E-state index in [1.54, 1.807) is 0 Å². The Kier molecular flexibility index (Phi) is 2.86. The molecule has 1 aliphatic heterocycles. The molecule has 0 amide bonds. The topological polar surface area (TPSA) is 41.3 Å². The predicted molar refractivity (Wildman–Crippen MR) is 42.4 cm³/mol. The Morgan fingerprint density at radius 2 is 2.60 bits per heavy atom. The standard InChI is InChI=1S/C7H15N3/c1-2-5-10-6-3-4-9-7(10)8/h2,7,9H,1,3-6,8H2. The van der Waals surface area contributed by atoms with Gasteiger partial charge in [-0.3, -0.25) is 10.2 Å².